The number of anilines is 2. The fourth-order valence-corrected chi connectivity index (χ4v) is 2.93. The molecular formula is C15H17ClN2O3S. The molecule has 0 aliphatic heterocycles. The molecule has 2 rings (SSSR count). The third-order valence-electron chi connectivity index (χ3n) is 2.91. The number of nitrogens with one attached hydrogen (secondary N) is 2. The Morgan fingerprint density at radius 2 is 1.64 bits per heavy atom. The number of aliphatic hydroxyl groups is 1. The van der Waals surface area contributed by atoms with Gasteiger partial charge in [0.1, 0.15) is 0 Å². The van der Waals surface area contributed by atoms with Gasteiger partial charge < -0.3 is 10.4 Å². The molecule has 1 unspecified atom stereocenters. The molecule has 0 fully saturated rings. The van der Waals surface area contributed by atoms with Crippen molar-refractivity contribution in [2.75, 3.05) is 22.5 Å². The lowest BCUT2D eigenvalue weighted by atomic mass is 10.3. The second-order valence-corrected chi connectivity index (χ2v) is 6.68. The zero-order valence-corrected chi connectivity index (χ0v) is 13.3. The van der Waals surface area contributed by atoms with Gasteiger partial charge in [-0.15, -0.1) is 11.6 Å². The van der Waals surface area contributed by atoms with E-state index in [4.69, 9.17) is 11.6 Å². The molecule has 2 aromatic carbocycles. The van der Waals surface area contributed by atoms with Crippen LogP contribution in [0.3, 0.4) is 0 Å². The summed E-state index contributed by atoms with van der Waals surface area (Å²) in [5.74, 6) is 0.139. The van der Waals surface area contributed by atoms with Crippen LogP contribution in [0.1, 0.15) is 0 Å². The summed E-state index contributed by atoms with van der Waals surface area (Å²) in [5, 5.41) is 12.3. The number of aliphatic hydroxyl groups excluding tert-OH is 1. The average molecular weight is 341 g/mol. The van der Waals surface area contributed by atoms with Crippen LogP contribution in [0.15, 0.2) is 59.5 Å². The first kappa shape index (κ1) is 16.6. The Balaban J connectivity index is 2.06. The van der Waals surface area contributed by atoms with Gasteiger partial charge in [-0.2, -0.15) is 0 Å². The average Bonchev–Trinajstić information content (AvgIpc) is 2.53. The Labute approximate surface area is 135 Å². The smallest absolute Gasteiger partial charge is 0.261 e. The summed E-state index contributed by atoms with van der Waals surface area (Å²) in [6, 6.07) is 15.0. The molecule has 0 heterocycles. The second-order valence-electron chi connectivity index (χ2n) is 4.68. The van der Waals surface area contributed by atoms with Crippen LogP contribution < -0.4 is 10.0 Å². The molecule has 0 radical (unpaired) electrons. The van der Waals surface area contributed by atoms with Gasteiger partial charge in [-0.3, -0.25) is 4.72 Å². The van der Waals surface area contributed by atoms with Gasteiger partial charge in [-0.05, 0) is 36.4 Å². The normalized spacial score (nSPS) is 12.6. The van der Waals surface area contributed by atoms with Crippen molar-refractivity contribution in [1.82, 2.24) is 0 Å². The number of hydrogen-bond acceptors (Lipinski definition) is 4. The Kier molecular flexibility index (Phi) is 5.65. The minimum absolute atomic E-state index is 0.139. The minimum atomic E-state index is -3.61. The van der Waals surface area contributed by atoms with Crippen LogP contribution in [0.4, 0.5) is 11.4 Å². The van der Waals surface area contributed by atoms with E-state index in [0.29, 0.717) is 17.9 Å². The summed E-state index contributed by atoms with van der Waals surface area (Å²) in [4.78, 5) is 0.166. The first-order valence-corrected chi connectivity index (χ1v) is 8.69. The summed E-state index contributed by atoms with van der Waals surface area (Å²) >= 11 is 5.50. The Hall–Kier alpha value is -1.76. The predicted octanol–water partition coefficient (Wildman–Crippen LogP) is 2.50. The number of sulfonamides is 1. The fraction of sp³-hybridized carbons (Fsp3) is 0.200. The Morgan fingerprint density at radius 3 is 2.23 bits per heavy atom. The van der Waals surface area contributed by atoms with Crippen molar-refractivity contribution in [3.8, 4) is 0 Å². The minimum Gasteiger partial charge on any atom is -0.390 e. The predicted molar refractivity (Wildman–Crippen MR) is 88.9 cm³/mol. The van der Waals surface area contributed by atoms with Crippen molar-refractivity contribution < 1.29 is 13.5 Å². The molecule has 0 amide bonds. The van der Waals surface area contributed by atoms with E-state index in [1.807, 2.05) is 6.07 Å². The van der Waals surface area contributed by atoms with Crippen LogP contribution >= 0.6 is 11.6 Å². The summed E-state index contributed by atoms with van der Waals surface area (Å²) in [6.45, 7) is 0.303. The van der Waals surface area contributed by atoms with E-state index in [2.05, 4.69) is 10.0 Å². The second kappa shape index (κ2) is 7.49. The van der Waals surface area contributed by atoms with Crippen molar-refractivity contribution in [2.45, 2.75) is 11.0 Å². The van der Waals surface area contributed by atoms with Gasteiger partial charge >= 0.3 is 0 Å². The van der Waals surface area contributed by atoms with E-state index in [1.54, 1.807) is 36.4 Å². The van der Waals surface area contributed by atoms with Crippen LogP contribution in [0.5, 0.6) is 0 Å². The van der Waals surface area contributed by atoms with Gasteiger partial charge in [0.2, 0.25) is 0 Å². The zero-order valence-electron chi connectivity index (χ0n) is 11.7. The van der Waals surface area contributed by atoms with Gasteiger partial charge in [-0.25, -0.2) is 8.42 Å². The number of benzene rings is 2. The maximum Gasteiger partial charge on any atom is 0.261 e. The maximum absolute atomic E-state index is 12.2. The summed E-state index contributed by atoms with van der Waals surface area (Å²) in [6.07, 6.45) is -0.648. The number of para-hydroxylation sites is 1. The lowest BCUT2D eigenvalue weighted by Crippen LogP contribution is -2.20. The van der Waals surface area contributed by atoms with Crippen molar-refractivity contribution in [1.29, 1.82) is 0 Å². The van der Waals surface area contributed by atoms with E-state index in [-0.39, 0.29) is 10.8 Å². The van der Waals surface area contributed by atoms with Crippen molar-refractivity contribution >= 4 is 33.0 Å². The number of hydrogen-bond donors (Lipinski definition) is 3. The lowest BCUT2D eigenvalue weighted by molar-refractivity contribution is 0.211. The topological polar surface area (TPSA) is 78.4 Å². The van der Waals surface area contributed by atoms with Crippen molar-refractivity contribution in [3.05, 3.63) is 54.6 Å². The Morgan fingerprint density at radius 1 is 1.00 bits per heavy atom. The van der Waals surface area contributed by atoms with Crippen molar-refractivity contribution in [3.63, 3.8) is 0 Å². The summed E-state index contributed by atoms with van der Waals surface area (Å²) < 4.78 is 27.0. The highest BCUT2D eigenvalue weighted by Crippen LogP contribution is 2.18. The van der Waals surface area contributed by atoms with Gasteiger partial charge in [0, 0.05) is 17.9 Å². The number of rotatable bonds is 7. The third-order valence-corrected chi connectivity index (χ3v) is 4.66. The molecule has 0 spiro atoms. The van der Waals surface area contributed by atoms with E-state index in [9.17, 15) is 13.5 Å². The monoisotopic (exact) mass is 340 g/mol. The molecule has 0 saturated carbocycles. The number of halogens is 1. The molecular weight excluding hydrogens is 324 g/mol. The zero-order chi connectivity index (χ0) is 16.0. The van der Waals surface area contributed by atoms with E-state index in [0.717, 1.165) is 0 Å². The van der Waals surface area contributed by atoms with Crippen LogP contribution in [0.25, 0.3) is 0 Å². The molecule has 3 N–H and O–H groups in total. The summed E-state index contributed by atoms with van der Waals surface area (Å²) in [5.41, 5.74) is 1.22. The van der Waals surface area contributed by atoms with Gasteiger partial charge in [-0.1, -0.05) is 18.2 Å². The molecule has 5 nitrogen and oxygen atoms in total. The van der Waals surface area contributed by atoms with Gasteiger partial charge in [0.15, 0.2) is 0 Å². The Bertz CT molecular complexity index is 690. The third kappa shape index (κ3) is 4.62. The highest BCUT2D eigenvalue weighted by Gasteiger charge is 2.13. The lowest BCUT2D eigenvalue weighted by Gasteiger charge is -2.11. The van der Waals surface area contributed by atoms with Gasteiger partial charge in [0.25, 0.3) is 10.0 Å². The molecule has 0 saturated heterocycles. The fourth-order valence-electron chi connectivity index (χ4n) is 1.76. The van der Waals surface area contributed by atoms with Crippen LogP contribution in [-0.4, -0.2) is 32.1 Å². The summed E-state index contributed by atoms with van der Waals surface area (Å²) in [7, 11) is -3.61. The largest absolute Gasteiger partial charge is 0.390 e. The maximum atomic E-state index is 12.2. The first-order valence-electron chi connectivity index (χ1n) is 6.67. The quantitative estimate of drug-likeness (QED) is 0.677. The molecule has 2 aromatic rings. The molecule has 0 aromatic heterocycles. The molecule has 1 atom stereocenters. The number of alkyl halides is 1. The molecule has 7 heteroatoms. The van der Waals surface area contributed by atoms with E-state index < -0.39 is 16.1 Å². The molecule has 0 bridgehead atoms. The van der Waals surface area contributed by atoms with Crippen LogP contribution in [-0.2, 0) is 10.0 Å². The highest BCUT2D eigenvalue weighted by atomic mass is 35.5. The van der Waals surface area contributed by atoms with Crippen LogP contribution in [0.2, 0.25) is 0 Å². The van der Waals surface area contributed by atoms with Gasteiger partial charge in [0.05, 0.1) is 16.9 Å². The molecule has 0 aliphatic rings. The SMILES string of the molecule is O=S(=O)(Nc1ccccc1)c1ccc(NCC(O)CCl)cc1. The van der Waals surface area contributed by atoms with Crippen molar-refractivity contribution in [2.24, 2.45) is 0 Å². The standard InChI is InChI=1S/C15H17ClN2O3S/c16-10-14(19)11-17-12-6-8-15(9-7-12)22(20,21)18-13-4-2-1-3-5-13/h1-9,14,17-19H,10-11H2. The molecule has 22 heavy (non-hydrogen) atoms. The highest BCUT2D eigenvalue weighted by molar-refractivity contribution is 7.92. The molecule has 118 valence electrons. The van der Waals surface area contributed by atoms with Crippen LogP contribution in [0, 0.1) is 0 Å². The first-order chi connectivity index (χ1) is 10.5. The van der Waals surface area contributed by atoms with E-state index in [1.165, 1.54) is 12.1 Å². The van der Waals surface area contributed by atoms with E-state index >= 15 is 0 Å². The molecule has 0 aliphatic carbocycles.